The summed E-state index contributed by atoms with van der Waals surface area (Å²) in [6.45, 7) is 0.669. The van der Waals surface area contributed by atoms with Gasteiger partial charge in [0.25, 0.3) is 0 Å². The number of carbonyl (C=O) groups excluding carboxylic acids is 1. The van der Waals surface area contributed by atoms with Gasteiger partial charge in [0, 0.05) is 25.4 Å². The molecule has 0 saturated carbocycles. The number of benzene rings is 1. The molecule has 1 heterocycles. The first kappa shape index (κ1) is 17.5. The molecule has 1 unspecified atom stereocenters. The van der Waals surface area contributed by atoms with E-state index in [1.807, 2.05) is 0 Å². The second kappa shape index (κ2) is 7.12. The van der Waals surface area contributed by atoms with Crippen LogP contribution in [0.2, 0.25) is 0 Å². The van der Waals surface area contributed by atoms with Crippen molar-refractivity contribution in [3.8, 4) is 5.75 Å². The molecule has 1 aromatic carbocycles. The number of nitrogens with zero attached hydrogens (tertiary/aromatic N) is 1. The molecule has 0 aliphatic carbocycles. The van der Waals surface area contributed by atoms with Gasteiger partial charge in [-0.05, 0) is 18.6 Å². The van der Waals surface area contributed by atoms with Crippen molar-refractivity contribution in [1.29, 1.82) is 0 Å². The van der Waals surface area contributed by atoms with Crippen molar-refractivity contribution in [1.82, 2.24) is 10.2 Å². The number of urea groups is 1. The lowest BCUT2D eigenvalue weighted by atomic mass is 10.3. The third-order valence-electron chi connectivity index (χ3n) is 3.57. The van der Waals surface area contributed by atoms with Crippen LogP contribution < -0.4 is 10.1 Å². The van der Waals surface area contributed by atoms with Gasteiger partial charge in [0.2, 0.25) is 0 Å². The third-order valence-corrected chi connectivity index (χ3v) is 5.16. The number of carbonyl (C=O) groups is 1. The summed E-state index contributed by atoms with van der Waals surface area (Å²) in [6, 6.07) is 2.57. The van der Waals surface area contributed by atoms with Gasteiger partial charge >= 0.3 is 6.03 Å². The van der Waals surface area contributed by atoms with E-state index in [0.29, 0.717) is 19.0 Å². The Morgan fingerprint density at radius 1 is 1.43 bits per heavy atom. The van der Waals surface area contributed by atoms with Crippen LogP contribution in [0, 0.1) is 11.6 Å². The van der Waals surface area contributed by atoms with E-state index in [9.17, 15) is 22.0 Å². The largest absolute Gasteiger partial charge is 0.489 e. The van der Waals surface area contributed by atoms with E-state index in [1.165, 1.54) is 11.0 Å². The van der Waals surface area contributed by atoms with E-state index in [1.54, 1.807) is 0 Å². The highest BCUT2D eigenvalue weighted by Crippen LogP contribution is 2.17. The maximum atomic E-state index is 13.3. The molecule has 128 valence electrons. The lowest BCUT2D eigenvalue weighted by Gasteiger charge is -2.17. The van der Waals surface area contributed by atoms with Crippen molar-refractivity contribution in [3.63, 3.8) is 0 Å². The van der Waals surface area contributed by atoms with Crippen molar-refractivity contribution in [2.45, 2.75) is 11.7 Å². The van der Waals surface area contributed by atoms with E-state index in [-0.39, 0.29) is 31.5 Å². The molecule has 1 fully saturated rings. The molecule has 23 heavy (non-hydrogen) atoms. The molecule has 0 radical (unpaired) electrons. The average Bonchev–Trinajstić information content (AvgIpc) is 2.95. The van der Waals surface area contributed by atoms with E-state index >= 15 is 0 Å². The molecule has 0 aromatic heterocycles. The molecular weight excluding hydrogens is 330 g/mol. The number of hydrogen-bond acceptors (Lipinski definition) is 4. The van der Waals surface area contributed by atoms with Crippen LogP contribution in [-0.4, -0.2) is 57.1 Å². The smallest absolute Gasteiger partial charge is 0.317 e. The fourth-order valence-electron chi connectivity index (χ4n) is 2.29. The van der Waals surface area contributed by atoms with E-state index in [0.717, 1.165) is 12.3 Å². The normalized spacial score (nSPS) is 18.0. The molecule has 1 aliphatic rings. The third kappa shape index (κ3) is 4.78. The number of halogens is 2. The Labute approximate surface area is 133 Å². The SMILES string of the molecule is CS(=O)(=O)C1CCN(C(=O)NCCOc2ccc(F)cc2F)C1. The van der Waals surface area contributed by atoms with Gasteiger partial charge in [-0.1, -0.05) is 0 Å². The fraction of sp³-hybridized carbons (Fsp3) is 0.500. The lowest BCUT2D eigenvalue weighted by Crippen LogP contribution is -2.41. The van der Waals surface area contributed by atoms with E-state index in [2.05, 4.69) is 5.32 Å². The first-order valence-electron chi connectivity index (χ1n) is 7.07. The van der Waals surface area contributed by atoms with Gasteiger partial charge in [0.15, 0.2) is 21.4 Å². The Bertz CT molecular complexity index is 681. The second-order valence-corrected chi connectivity index (χ2v) is 7.67. The number of nitrogens with one attached hydrogen (secondary N) is 1. The first-order valence-corrected chi connectivity index (χ1v) is 9.02. The summed E-state index contributed by atoms with van der Waals surface area (Å²) in [5.41, 5.74) is 0. The lowest BCUT2D eigenvalue weighted by molar-refractivity contribution is 0.205. The van der Waals surface area contributed by atoms with Gasteiger partial charge in [-0.25, -0.2) is 22.0 Å². The molecule has 9 heteroatoms. The van der Waals surface area contributed by atoms with Crippen LogP contribution in [0.25, 0.3) is 0 Å². The number of sulfone groups is 1. The molecule has 2 amide bonds. The fourth-order valence-corrected chi connectivity index (χ4v) is 3.27. The Hall–Kier alpha value is -1.90. The van der Waals surface area contributed by atoms with Crippen molar-refractivity contribution >= 4 is 15.9 Å². The number of rotatable bonds is 5. The molecule has 1 aromatic rings. The van der Waals surface area contributed by atoms with Crippen molar-refractivity contribution in [3.05, 3.63) is 29.8 Å². The summed E-state index contributed by atoms with van der Waals surface area (Å²) < 4.78 is 54.0. The maximum Gasteiger partial charge on any atom is 0.317 e. The molecule has 1 saturated heterocycles. The van der Waals surface area contributed by atoms with Crippen molar-refractivity contribution < 1.29 is 26.7 Å². The minimum Gasteiger partial charge on any atom is -0.489 e. The summed E-state index contributed by atoms with van der Waals surface area (Å²) in [6.07, 6.45) is 1.58. The summed E-state index contributed by atoms with van der Waals surface area (Å²) in [5, 5.41) is 2.04. The molecule has 1 N–H and O–H groups in total. The second-order valence-electron chi connectivity index (χ2n) is 5.34. The predicted molar refractivity (Wildman–Crippen MR) is 80.1 cm³/mol. The van der Waals surface area contributed by atoms with Crippen LogP contribution in [-0.2, 0) is 9.84 Å². The van der Waals surface area contributed by atoms with Gasteiger partial charge in [-0.3, -0.25) is 0 Å². The maximum absolute atomic E-state index is 13.3. The van der Waals surface area contributed by atoms with Gasteiger partial charge in [0.05, 0.1) is 11.8 Å². The van der Waals surface area contributed by atoms with Crippen molar-refractivity contribution in [2.75, 3.05) is 32.5 Å². The number of amides is 2. The molecular formula is C14H18F2N2O4S. The van der Waals surface area contributed by atoms with Crippen LogP contribution in [0.15, 0.2) is 18.2 Å². The van der Waals surface area contributed by atoms with Crippen LogP contribution in [0.4, 0.5) is 13.6 Å². The standard InChI is InChI=1S/C14H18F2N2O4S/c1-23(20,21)11-4-6-18(9-11)14(19)17-5-7-22-13-3-2-10(15)8-12(13)16/h2-3,8,11H,4-7,9H2,1H3,(H,17,19). The van der Waals surface area contributed by atoms with Gasteiger partial charge < -0.3 is 15.0 Å². The van der Waals surface area contributed by atoms with Gasteiger partial charge in [0.1, 0.15) is 12.4 Å². The van der Waals surface area contributed by atoms with Gasteiger partial charge in [-0.2, -0.15) is 0 Å². The summed E-state index contributed by atoms with van der Waals surface area (Å²) >= 11 is 0. The molecule has 0 spiro atoms. The number of ether oxygens (including phenoxy) is 1. The van der Waals surface area contributed by atoms with Gasteiger partial charge in [-0.15, -0.1) is 0 Å². The Balaban J connectivity index is 1.73. The van der Waals surface area contributed by atoms with E-state index < -0.39 is 26.7 Å². The highest BCUT2D eigenvalue weighted by molar-refractivity contribution is 7.91. The average molecular weight is 348 g/mol. The van der Waals surface area contributed by atoms with Crippen LogP contribution in [0.1, 0.15) is 6.42 Å². The Morgan fingerprint density at radius 3 is 2.78 bits per heavy atom. The van der Waals surface area contributed by atoms with Crippen LogP contribution in [0.3, 0.4) is 0 Å². The molecule has 2 rings (SSSR count). The Morgan fingerprint density at radius 2 is 2.17 bits per heavy atom. The van der Waals surface area contributed by atoms with Crippen LogP contribution >= 0.6 is 0 Å². The molecule has 0 bridgehead atoms. The molecule has 1 atom stereocenters. The highest BCUT2D eigenvalue weighted by atomic mass is 32.2. The topological polar surface area (TPSA) is 75.7 Å². The minimum atomic E-state index is -3.16. The predicted octanol–water partition coefficient (Wildman–Crippen LogP) is 1.17. The number of likely N-dealkylation sites (tertiary alicyclic amines) is 1. The first-order chi connectivity index (χ1) is 10.8. The summed E-state index contributed by atoms with van der Waals surface area (Å²) in [5.74, 6) is -1.61. The highest BCUT2D eigenvalue weighted by Gasteiger charge is 2.32. The summed E-state index contributed by atoms with van der Waals surface area (Å²) in [7, 11) is -3.16. The summed E-state index contributed by atoms with van der Waals surface area (Å²) in [4.78, 5) is 13.3. The van der Waals surface area contributed by atoms with Crippen LogP contribution in [0.5, 0.6) is 5.75 Å². The zero-order valence-electron chi connectivity index (χ0n) is 12.6. The molecule has 1 aliphatic heterocycles. The number of hydrogen-bond donors (Lipinski definition) is 1. The Kier molecular flexibility index (Phi) is 5.40. The molecule has 6 nitrogen and oxygen atoms in total. The van der Waals surface area contributed by atoms with E-state index in [4.69, 9.17) is 4.74 Å². The minimum absolute atomic E-state index is 0.0115. The monoisotopic (exact) mass is 348 g/mol. The zero-order chi connectivity index (χ0) is 17.0. The van der Waals surface area contributed by atoms with Crippen molar-refractivity contribution in [2.24, 2.45) is 0 Å². The zero-order valence-corrected chi connectivity index (χ0v) is 13.4. The quantitative estimate of drug-likeness (QED) is 0.811.